The van der Waals surface area contributed by atoms with Crippen LogP contribution in [-0.4, -0.2) is 43.8 Å². The van der Waals surface area contributed by atoms with Gasteiger partial charge in [0.1, 0.15) is 0 Å². The number of nitrogens with zero attached hydrogens (tertiary/aromatic N) is 2. The van der Waals surface area contributed by atoms with Crippen molar-refractivity contribution in [3.05, 3.63) is 35.9 Å². The number of hydrogen-bond acceptors (Lipinski definition) is 4. The predicted molar refractivity (Wildman–Crippen MR) is 91.9 cm³/mol. The highest BCUT2D eigenvalue weighted by atomic mass is 32.2. The number of ether oxygens (including phenoxy) is 1. The second-order valence-electron chi connectivity index (χ2n) is 6.58. The van der Waals surface area contributed by atoms with E-state index in [1.807, 2.05) is 30.3 Å². The summed E-state index contributed by atoms with van der Waals surface area (Å²) in [4.78, 5) is 0. The first-order valence-electron chi connectivity index (χ1n) is 8.67. The van der Waals surface area contributed by atoms with Crippen molar-refractivity contribution < 1.29 is 13.2 Å². The molecule has 6 heteroatoms. The van der Waals surface area contributed by atoms with Crippen molar-refractivity contribution in [1.29, 1.82) is 5.26 Å². The van der Waals surface area contributed by atoms with E-state index >= 15 is 0 Å². The van der Waals surface area contributed by atoms with E-state index in [4.69, 9.17) is 4.74 Å². The molecule has 0 bridgehead atoms. The van der Waals surface area contributed by atoms with E-state index in [1.165, 1.54) is 0 Å². The van der Waals surface area contributed by atoms with Crippen LogP contribution in [0.5, 0.6) is 0 Å². The maximum Gasteiger partial charge on any atom is 0.214 e. The topological polar surface area (TPSA) is 70.4 Å². The van der Waals surface area contributed by atoms with Crippen molar-refractivity contribution in [2.45, 2.75) is 50.2 Å². The molecule has 3 atom stereocenters. The molecule has 0 N–H and O–H groups in total. The first-order chi connectivity index (χ1) is 11.6. The van der Waals surface area contributed by atoms with Gasteiger partial charge in [0.05, 0.1) is 23.8 Å². The van der Waals surface area contributed by atoms with Crippen LogP contribution >= 0.6 is 0 Å². The molecule has 0 aromatic heterocycles. The van der Waals surface area contributed by atoms with Crippen LogP contribution in [0.15, 0.2) is 30.3 Å². The SMILES string of the molecule is N#C[C@H](c1ccccc1)[C@@H]1CCCN1S(=O)(=O)CC[C@@H]1CCCO1. The van der Waals surface area contributed by atoms with Crippen molar-refractivity contribution in [2.24, 2.45) is 0 Å². The van der Waals surface area contributed by atoms with Crippen LogP contribution in [0.3, 0.4) is 0 Å². The number of sulfonamides is 1. The van der Waals surface area contributed by atoms with Gasteiger partial charge in [-0.3, -0.25) is 0 Å². The standard InChI is InChI=1S/C18H24N2O3S/c19-14-17(15-6-2-1-3-7-15)18-9-4-11-20(18)24(21,22)13-10-16-8-5-12-23-16/h1-3,6-7,16-18H,4-5,8-13H2/t16-,17+,18-/m0/s1. The van der Waals surface area contributed by atoms with E-state index in [9.17, 15) is 13.7 Å². The van der Waals surface area contributed by atoms with Gasteiger partial charge in [-0.1, -0.05) is 30.3 Å². The van der Waals surface area contributed by atoms with Crippen LogP contribution in [0, 0.1) is 11.3 Å². The highest BCUT2D eigenvalue weighted by Crippen LogP contribution is 2.33. The highest BCUT2D eigenvalue weighted by molar-refractivity contribution is 7.89. The van der Waals surface area contributed by atoms with E-state index in [0.29, 0.717) is 13.0 Å². The van der Waals surface area contributed by atoms with E-state index in [-0.39, 0.29) is 17.9 Å². The Morgan fingerprint density at radius 1 is 1.25 bits per heavy atom. The van der Waals surface area contributed by atoms with Crippen molar-refractivity contribution in [3.63, 3.8) is 0 Å². The van der Waals surface area contributed by atoms with E-state index in [1.54, 1.807) is 4.31 Å². The molecule has 130 valence electrons. The molecular formula is C18H24N2O3S. The Bertz CT molecular complexity index is 678. The largest absolute Gasteiger partial charge is 0.378 e. The summed E-state index contributed by atoms with van der Waals surface area (Å²) in [6, 6.07) is 11.6. The van der Waals surface area contributed by atoms with Crippen molar-refractivity contribution in [1.82, 2.24) is 4.31 Å². The minimum atomic E-state index is -3.36. The minimum absolute atomic E-state index is 0.0710. The molecule has 0 unspecified atom stereocenters. The third-order valence-corrected chi connectivity index (χ3v) is 6.93. The molecule has 2 aliphatic heterocycles. The van der Waals surface area contributed by atoms with E-state index in [0.717, 1.165) is 37.9 Å². The number of benzene rings is 1. The Kier molecular flexibility index (Phi) is 5.54. The van der Waals surface area contributed by atoms with Gasteiger partial charge in [-0.25, -0.2) is 8.42 Å². The van der Waals surface area contributed by atoms with Crippen LogP contribution in [0.4, 0.5) is 0 Å². The minimum Gasteiger partial charge on any atom is -0.378 e. The average molecular weight is 348 g/mol. The van der Waals surface area contributed by atoms with E-state index < -0.39 is 15.9 Å². The molecule has 2 heterocycles. The molecule has 0 aliphatic carbocycles. The normalized spacial score (nSPS) is 26.3. The number of rotatable bonds is 6. The Morgan fingerprint density at radius 3 is 2.71 bits per heavy atom. The molecule has 2 fully saturated rings. The van der Waals surface area contributed by atoms with Crippen molar-refractivity contribution >= 4 is 10.0 Å². The summed E-state index contributed by atoms with van der Waals surface area (Å²) < 4.78 is 32.7. The van der Waals surface area contributed by atoms with Gasteiger partial charge >= 0.3 is 0 Å². The zero-order valence-corrected chi connectivity index (χ0v) is 14.6. The summed E-state index contributed by atoms with van der Waals surface area (Å²) >= 11 is 0. The Hall–Kier alpha value is -1.42. The maximum atomic E-state index is 12.8. The lowest BCUT2D eigenvalue weighted by molar-refractivity contribution is 0.108. The van der Waals surface area contributed by atoms with Gasteiger partial charge in [-0.15, -0.1) is 0 Å². The lowest BCUT2D eigenvalue weighted by Gasteiger charge is -2.28. The summed E-state index contributed by atoms with van der Waals surface area (Å²) in [6.45, 7) is 1.26. The molecule has 1 aromatic carbocycles. The fourth-order valence-electron chi connectivity index (χ4n) is 3.76. The van der Waals surface area contributed by atoms with Crippen LogP contribution in [0.2, 0.25) is 0 Å². The third-order valence-electron chi connectivity index (χ3n) is 5.01. The molecule has 0 spiro atoms. The van der Waals surface area contributed by atoms with Gasteiger partial charge < -0.3 is 4.74 Å². The summed E-state index contributed by atoms with van der Waals surface area (Å²) in [5.41, 5.74) is 0.895. The Labute approximate surface area is 144 Å². The van der Waals surface area contributed by atoms with Gasteiger partial charge in [0.25, 0.3) is 0 Å². The van der Waals surface area contributed by atoms with Crippen molar-refractivity contribution in [3.8, 4) is 6.07 Å². The molecule has 5 nitrogen and oxygen atoms in total. The summed E-state index contributed by atoms with van der Waals surface area (Å²) in [5.74, 6) is -0.299. The maximum absolute atomic E-state index is 12.8. The molecule has 0 amide bonds. The Morgan fingerprint density at radius 2 is 2.04 bits per heavy atom. The first kappa shape index (κ1) is 17.4. The fourth-order valence-corrected chi connectivity index (χ4v) is 5.60. The van der Waals surface area contributed by atoms with Gasteiger partial charge in [-0.05, 0) is 37.7 Å². The average Bonchev–Trinajstić information content (AvgIpc) is 3.27. The third kappa shape index (κ3) is 3.80. The van der Waals surface area contributed by atoms with Gasteiger partial charge in [0.2, 0.25) is 10.0 Å². The lowest BCUT2D eigenvalue weighted by Crippen LogP contribution is -2.40. The second kappa shape index (κ2) is 7.64. The first-order valence-corrected chi connectivity index (χ1v) is 10.3. The monoisotopic (exact) mass is 348 g/mol. The van der Waals surface area contributed by atoms with Gasteiger partial charge in [0.15, 0.2) is 0 Å². The quantitative estimate of drug-likeness (QED) is 0.792. The van der Waals surface area contributed by atoms with Gasteiger partial charge in [0, 0.05) is 19.2 Å². The second-order valence-corrected chi connectivity index (χ2v) is 8.62. The number of hydrogen-bond donors (Lipinski definition) is 0. The number of nitriles is 1. The molecule has 0 radical (unpaired) electrons. The van der Waals surface area contributed by atoms with Gasteiger partial charge in [-0.2, -0.15) is 9.57 Å². The summed E-state index contributed by atoms with van der Waals surface area (Å²) in [5, 5.41) is 9.63. The fraction of sp³-hybridized carbons (Fsp3) is 0.611. The Balaban J connectivity index is 1.72. The summed E-state index contributed by atoms with van der Waals surface area (Å²) in [6.07, 6.45) is 4.14. The van der Waals surface area contributed by atoms with Crippen LogP contribution in [-0.2, 0) is 14.8 Å². The summed E-state index contributed by atoms with van der Waals surface area (Å²) in [7, 11) is -3.36. The molecular weight excluding hydrogens is 324 g/mol. The molecule has 1 aromatic rings. The zero-order valence-electron chi connectivity index (χ0n) is 13.8. The zero-order chi connectivity index (χ0) is 17.0. The predicted octanol–water partition coefficient (Wildman–Crippen LogP) is 2.66. The van der Waals surface area contributed by atoms with Crippen LogP contribution < -0.4 is 0 Å². The molecule has 0 saturated carbocycles. The molecule has 2 saturated heterocycles. The lowest BCUT2D eigenvalue weighted by atomic mass is 9.92. The molecule has 24 heavy (non-hydrogen) atoms. The molecule has 2 aliphatic rings. The smallest absolute Gasteiger partial charge is 0.214 e. The van der Waals surface area contributed by atoms with E-state index in [2.05, 4.69) is 6.07 Å². The van der Waals surface area contributed by atoms with Crippen molar-refractivity contribution in [2.75, 3.05) is 18.9 Å². The van der Waals surface area contributed by atoms with Crippen LogP contribution in [0.1, 0.15) is 43.6 Å². The molecule has 3 rings (SSSR count). The van der Waals surface area contributed by atoms with Crippen LogP contribution in [0.25, 0.3) is 0 Å². The highest BCUT2D eigenvalue weighted by Gasteiger charge is 2.39.